The molecule has 0 amide bonds. The van der Waals surface area contributed by atoms with Gasteiger partial charge in [0.1, 0.15) is 12.4 Å². The first kappa shape index (κ1) is 14.4. The van der Waals surface area contributed by atoms with Gasteiger partial charge < -0.3 is 10.5 Å². The Bertz CT molecular complexity index is 646. The van der Waals surface area contributed by atoms with Gasteiger partial charge in [0.05, 0.1) is 11.6 Å². The Balaban J connectivity index is 2.26. The summed E-state index contributed by atoms with van der Waals surface area (Å²) in [5, 5.41) is 8.94. The topological polar surface area (TPSA) is 59.0 Å². The van der Waals surface area contributed by atoms with Crippen LogP contribution in [-0.4, -0.2) is 0 Å². The van der Waals surface area contributed by atoms with Crippen molar-refractivity contribution in [2.45, 2.75) is 20.5 Å². The summed E-state index contributed by atoms with van der Waals surface area (Å²) < 4.78 is 6.83. The Morgan fingerprint density at radius 2 is 1.90 bits per heavy atom. The Morgan fingerprint density at radius 1 is 1.25 bits per heavy atom. The number of nitrogens with zero attached hydrogens (tertiary/aromatic N) is 1. The smallest absolute Gasteiger partial charge is 0.125 e. The normalized spacial score (nSPS) is 10.1. The van der Waals surface area contributed by atoms with E-state index in [1.54, 1.807) is 0 Å². The fraction of sp³-hybridized carbons (Fsp3) is 0.188. The maximum absolute atomic E-state index is 8.94. The number of aryl methyl sites for hydroxylation is 2. The molecule has 0 aliphatic heterocycles. The third kappa shape index (κ3) is 2.94. The summed E-state index contributed by atoms with van der Waals surface area (Å²) in [6, 6.07) is 11.5. The molecule has 0 bridgehead atoms. The molecule has 0 aromatic heterocycles. The fourth-order valence-corrected chi connectivity index (χ4v) is 2.61. The highest BCUT2D eigenvalue weighted by molar-refractivity contribution is 9.10. The lowest BCUT2D eigenvalue weighted by Crippen LogP contribution is -2.03. The van der Waals surface area contributed by atoms with E-state index >= 15 is 0 Å². The Labute approximate surface area is 127 Å². The molecule has 102 valence electrons. The Kier molecular flexibility index (Phi) is 4.31. The molecular weight excluding hydrogens is 316 g/mol. The van der Waals surface area contributed by atoms with Gasteiger partial charge in [0.25, 0.3) is 0 Å². The number of halogens is 1. The van der Waals surface area contributed by atoms with Crippen molar-refractivity contribution in [3.63, 3.8) is 0 Å². The number of ether oxygens (including phenoxy) is 1. The maximum atomic E-state index is 8.94. The van der Waals surface area contributed by atoms with E-state index in [9.17, 15) is 0 Å². The molecule has 2 aromatic rings. The summed E-state index contributed by atoms with van der Waals surface area (Å²) in [6.07, 6.45) is 0. The van der Waals surface area contributed by atoms with Crippen molar-refractivity contribution < 1.29 is 4.74 Å². The van der Waals surface area contributed by atoms with E-state index in [-0.39, 0.29) is 0 Å². The first-order valence-electron chi connectivity index (χ1n) is 6.20. The zero-order chi connectivity index (χ0) is 14.7. The first-order chi connectivity index (χ1) is 9.52. The van der Waals surface area contributed by atoms with Gasteiger partial charge in [0.15, 0.2) is 0 Å². The third-order valence-corrected chi connectivity index (χ3v) is 3.85. The molecule has 0 saturated carbocycles. The van der Waals surface area contributed by atoms with Crippen LogP contribution in [0.2, 0.25) is 0 Å². The van der Waals surface area contributed by atoms with Gasteiger partial charge >= 0.3 is 0 Å². The lowest BCUT2D eigenvalue weighted by atomic mass is 10.1. The molecule has 0 atom stereocenters. The quantitative estimate of drug-likeness (QED) is 0.862. The van der Waals surface area contributed by atoms with Gasteiger partial charge in [-0.15, -0.1) is 0 Å². The molecule has 0 fully saturated rings. The number of benzene rings is 2. The monoisotopic (exact) mass is 330 g/mol. The standard InChI is InChI=1S/C16H15BrN2O/c1-10-6-12(8-18)7-11(2)16(10)20-9-13-14(17)4-3-5-15(13)19/h3-7H,9,19H2,1-2H3. The summed E-state index contributed by atoms with van der Waals surface area (Å²) in [5.41, 5.74) is 10.1. The van der Waals surface area contributed by atoms with E-state index in [0.29, 0.717) is 17.9 Å². The van der Waals surface area contributed by atoms with Crippen LogP contribution in [0.5, 0.6) is 5.75 Å². The van der Waals surface area contributed by atoms with E-state index in [1.807, 2.05) is 44.2 Å². The van der Waals surface area contributed by atoms with Crippen LogP contribution in [0.15, 0.2) is 34.8 Å². The highest BCUT2D eigenvalue weighted by Crippen LogP contribution is 2.28. The van der Waals surface area contributed by atoms with E-state index < -0.39 is 0 Å². The van der Waals surface area contributed by atoms with E-state index in [4.69, 9.17) is 15.7 Å². The Hall–Kier alpha value is -1.99. The average Bonchev–Trinajstić information content (AvgIpc) is 2.40. The SMILES string of the molecule is Cc1cc(C#N)cc(C)c1OCc1c(N)cccc1Br. The molecule has 2 aromatic carbocycles. The molecule has 0 aliphatic carbocycles. The van der Waals surface area contributed by atoms with E-state index in [0.717, 1.165) is 26.9 Å². The van der Waals surface area contributed by atoms with Crippen LogP contribution in [0, 0.1) is 25.2 Å². The maximum Gasteiger partial charge on any atom is 0.125 e. The second-order valence-corrected chi connectivity index (χ2v) is 5.50. The van der Waals surface area contributed by atoms with Gasteiger partial charge in [-0.2, -0.15) is 5.26 Å². The van der Waals surface area contributed by atoms with Crippen molar-refractivity contribution in [1.29, 1.82) is 5.26 Å². The summed E-state index contributed by atoms with van der Waals surface area (Å²) in [4.78, 5) is 0. The number of nitrogens with two attached hydrogens (primary N) is 1. The zero-order valence-corrected chi connectivity index (χ0v) is 13.0. The minimum absolute atomic E-state index is 0.390. The number of nitrogen functional groups attached to an aromatic ring is 1. The van der Waals surface area contributed by atoms with Gasteiger partial charge in [-0.25, -0.2) is 0 Å². The van der Waals surface area contributed by atoms with Crippen LogP contribution in [0.4, 0.5) is 5.69 Å². The van der Waals surface area contributed by atoms with Crippen LogP contribution >= 0.6 is 15.9 Å². The number of nitriles is 1. The third-order valence-electron chi connectivity index (χ3n) is 3.11. The summed E-state index contributed by atoms with van der Waals surface area (Å²) >= 11 is 3.48. The molecule has 0 saturated heterocycles. The number of anilines is 1. The van der Waals surface area contributed by atoms with Gasteiger partial charge in [0, 0.05) is 15.7 Å². The van der Waals surface area contributed by atoms with Crippen LogP contribution in [0.1, 0.15) is 22.3 Å². The molecule has 3 nitrogen and oxygen atoms in total. The Morgan fingerprint density at radius 3 is 2.45 bits per heavy atom. The number of rotatable bonds is 3. The molecule has 2 rings (SSSR count). The van der Waals surface area contributed by atoms with Gasteiger partial charge in [-0.05, 0) is 49.2 Å². The predicted molar refractivity (Wildman–Crippen MR) is 83.5 cm³/mol. The summed E-state index contributed by atoms with van der Waals surface area (Å²) in [6.45, 7) is 4.26. The van der Waals surface area contributed by atoms with E-state index in [1.165, 1.54) is 0 Å². The van der Waals surface area contributed by atoms with Gasteiger partial charge in [-0.3, -0.25) is 0 Å². The molecule has 4 heteroatoms. The van der Waals surface area contributed by atoms with Crippen LogP contribution in [0.3, 0.4) is 0 Å². The minimum Gasteiger partial charge on any atom is -0.488 e. The molecule has 0 heterocycles. The fourth-order valence-electron chi connectivity index (χ4n) is 2.11. The second-order valence-electron chi connectivity index (χ2n) is 4.65. The molecule has 0 radical (unpaired) electrons. The van der Waals surface area contributed by atoms with Crippen molar-refractivity contribution in [1.82, 2.24) is 0 Å². The first-order valence-corrected chi connectivity index (χ1v) is 6.99. The van der Waals surface area contributed by atoms with Crippen molar-refractivity contribution in [3.8, 4) is 11.8 Å². The largest absolute Gasteiger partial charge is 0.488 e. The molecular formula is C16H15BrN2O. The zero-order valence-electron chi connectivity index (χ0n) is 11.4. The number of hydrogen-bond acceptors (Lipinski definition) is 3. The van der Waals surface area contributed by atoms with Crippen LogP contribution in [-0.2, 0) is 6.61 Å². The lowest BCUT2D eigenvalue weighted by Gasteiger charge is -2.14. The highest BCUT2D eigenvalue weighted by Gasteiger charge is 2.09. The van der Waals surface area contributed by atoms with Crippen molar-refractivity contribution >= 4 is 21.6 Å². The predicted octanol–water partition coefficient (Wildman–Crippen LogP) is 4.10. The molecule has 0 unspecified atom stereocenters. The summed E-state index contributed by atoms with van der Waals surface area (Å²) in [7, 11) is 0. The highest BCUT2D eigenvalue weighted by atomic mass is 79.9. The van der Waals surface area contributed by atoms with Crippen LogP contribution < -0.4 is 10.5 Å². The molecule has 0 spiro atoms. The average molecular weight is 331 g/mol. The number of hydrogen-bond donors (Lipinski definition) is 1. The van der Waals surface area contributed by atoms with Crippen molar-refractivity contribution in [2.75, 3.05) is 5.73 Å². The minimum atomic E-state index is 0.390. The van der Waals surface area contributed by atoms with Crippen LogP contribution in [0.25, 0.3) is 0 Å². The summed E-state index contributed by atoms with van der Waals surface area (Å²) in [5.74, 6) is 0.805. The lowest BCUT2D eigenvalue weighted by molar-refractivity contribution is 0.302. The van der Waals surface area contributed by atoms with Gasteiger partial charge in [-0.1, -0.05) is 22.0 Å². The molecule has 20 heavy (non-hydrogen) atoms. The van der Waals surface area contributed by atoms with Crippen molar-refractivity contribution in [2.24, 2.45) is 0 Å². The van der Waals surface area contributed by atoms with E-state index in [2.05, 4.69) is 22.0 Å². The van der Waals surface area contributed by atoms with Crippen molar-refractivity contribution in [3.05, 3.63) is 57.1 Å². The van der Waals surface area contributed by atoms with Gasteiger partial charge in [0.2, 0.25) is 0 Å². The molecule has 2 N–H and O–H groups in total. The second kappa shape index (κ2) is 5.98. The molecule has 0 aliphatic rings.